The first-order valence-corrected chi connectivity index (χ1v) is 8.79. The molecule has 29 heavy (non-hydrogen) atoms. The van der Waals surface area contributed by atoms with E-state index in [0.29, 0.717) is 28.5 Å². The lowest BCUT2D eigenvalue weighted by molar-refractivity contribution is -0.115. The summed E-state index contributed by atoms with van der Waals surface area (Å²) in [5, 5.41) is 6.26. The number of amides is 2. The van der Waals surface area contributed by atoms with Gasteiger partial charge in [0.2, 0.25) is 11.7 Å². The minimum absolute atomic E-state index is 0.210. The number of nitrogens with one attached hydrogen (secondary N) is 2. The zero-order valence-corrected chi connectivity index (χ0v) is 16.3. The van der Waals surface area contributed by atoms with Crippen LogP contribution in [0.2, 0.25) is 0 Å². The smallest absolute Gasteiger partial charge is 0.251 e. The van der Waals surface area contributed by atoms with Crippen molar-refractivity contribution in [2.75, 3.05) is 33.2 Å². The Morgan fingerprint density at radius 3 is 2.31 bits per heavy atom. The van der Waals surface area contributed by atoms with Crippen molar-refractivity contribution in [1.29, 1.82) is 0 Å². The van der Waals surface area contributed by atoms with E-state index in [0.717, 1.165) is 5.39 Å². The summed E-state index contributed by atoms with van der Waals surface area (Å²) in [5.74, 6) is 0.263. The summed E-state index contributed by atoms with van der Waals surface area (Å²) >= 11 is 0. The maximum absolute atomic E-state index is 12.5. The topological polar surface area (TPSA) is 98.8 Å². The van der Waals surface area contributed by atoms with Gasteiger partial charge in [-0.1, -0.05) is 18.2 Å². The standard InChI is InChI=1S/C21H21N3O5/c1-27-16-10-14(11-17(28-2)20(16)29-3)21(26)23-12-18(25)24-15-8-4-6-13-7-5-9-22-19(13)15/h4-11H,12H2,1-3H3,(H,23,26)(H,24,25). The van der Waals surface area contributed by atoms with E-state index in [1.807, 2.05) is 24.3 Å². The largest absolute Gasteiger partial charge is 0.493 e. The molecule has 8 heteroatoms. The number of pyridine rings is 1. The number of rotatable bonds is 7. The maximum Gasteiger partial charge on any atom is 0.251 e. The minimum atomic E-state index is -0.449. The van der Waals surface area contributed by atoms with Crippen LogP contribution in [0.5, 0.6) is 17.2 Å². The van der Waals surface area contributed by atoms with E-state index in [4.69, 9.17) is 14.2 Å². The number of hydrogen-bond donors (Lipinski definition) is 2. The summed E-state index contributed by atoms with van der Waals surface area (Å²) in [6.45, 7) is -0.210. The van der Waals surface area contributed by atoms with Crippen molar-refractivity contribution < 1.29 is 23.8 Å². The van der Waals surface area contributed by atoms with Crippen molar-refractivity contribution in [2.24, 2.45) is 0 Å². The van der Waals surface area contributed by atoms with Gasteiger partial charge in [-0.15, -0.1) is 0 Å². The van der Waals surface area contributed by atoms with E-state index in [1.54, 1.807) is 12.3 Å². The molecule has 0 fully saturated rings. The number of benzene rings is 2. The van der Waals surface area contributed by atoms with Crippen LogP contribution < -0.4 is 24.8 Å². The molecule has 2 aromatic carbocycles. The number of para-hydroxylation sites is 1. The molecule has 2 amide bonds. The first-order chi connectivity index (χ1) is 14.1. The molecule has 0 radical (unpaired) electrons. The third-order valence-electron chi connectivity index (χ3n) is 4.24. The highest BCUT2D eigenvalue weighted by Gasteiger charge is 2.17. The number of anilines is 1. The molecule has 8 nitrogen and oxygen atoms in total. The van der Waals surface area contributed by atoms with Crippen molar-refractivity contribution >= 4 is 28.4 Å². The molecule has 0 saturated carbocycles. The second-order valence-electron chi connectivity index (χ2n) is 6.03. The Kier molecular flexibility index (Phi) is 6.13. The Hall–Kier alpha value is -3.81. The van der Waals surface area contributed by atoms with Crippen LogP contribution in [0.3, 0.4) is 0 Å². The Balaban J connectivity index is 1.69. The predicted octanol–water partition coefficient (Wildman–Crippen LogP) is 2.63. The number of carbonyl (C=O) groups excluding carboxylic acids is 2. The third kappa shape index (κ3) is 4.37. The van der Waals surface area contributed by atoms with Gasteiger partial charge in [0.1, 0.15) is 0 Å². The summed E-state index contributed by atoms with van der Waals surface area (Å²) in [6, 6.07) is 12.3. The van der Waals surface area contributed by atoms with Crippen LogP contribution in [-0.4, -0.2) is 44.7 Å². The van der Waals surface area contributed by atoms with E-state index in [9.17, 15) is 9.59 Å². The lowest BCUT2D eigenvalue weighted by atomic mass is 10.1. The highest BCUT2D eigenvalue weighted by atomic mass is 16.5. The lowest BCUT2D eigenvalue weighted by Crippen LogP contribution is -2.33. The summed E-state index contributed by atoms with van der Waals surface area (Å²) in [4.78, 5) is 29.1. The fourth-order valence-electron chi connectivity index (χ4n) is 2.87. The van der Waals surface area contributed by atoms with Crippen molar-refractivity contribution in [3.8, 4) is 17.2 Å². The van der Waals surface area contributed by atoms with Crippen LogP contribution >= 0.6 is 0 Å². The zero-order chi connectivity index (χ0) is 20.8. The molecule has 3 aromatic rings. The molecule has 0 atom stereocenters. The molecule has 0 bridgehead atoms. The molecule has 2 N–H and O–H groups in total. The maximum atomic E-state index is 12.5. The van der Waals surface area contributed by atoms with Gasteiger partial charge in [-0.2, -0.15) is 0 Å². The molecule has 150 valence electrons. The van der Waals surface area contributed by atoms with Crippen LogP contribution in [0.4, 0.5) is 5.69 Å². The molecular formula is C21H21N3O5. The third-order valence-corrected chi connectivity index (χ3v) is 4.24. The summed E-state index contributed by atoms with van der Waals surface area (Å²) in [6.07, 6.45) is 1.66. The summed E-state index contributed by atoms with van der Waals surface area (Å²) < 4.78 is 15.7. The summed E-state index contributed by atoms with van der Waals surface area (Å²) in [7, 11) is 4.40. The van der Waals surface area contributed by atoms with Crippen molar-refractivity contribution in [2.45, 2.75) is 0 Å². The SMILES string of the molecule is COc1cc(C(=O)NCC(=O)Nc2cccc3cccnc23)cc(OC)c1OC. The fraction of sp³-hybridized carbons (Fsp3) is 0.190. The normalized spacial score (nSPS) is 10.3. The molecular weight excluding hydrogens is 374 g/mol. The van der Waals surface area contributed by atoms with E-state index >= 15 is 0 Å². The second kappa shape index (κ2) is 8.92. The average Bonchev–Trinajstić information content (AvgIpc) is 2.76. The lowest BCUT2D eigenvalue weighted by Gasteiger charge is -2.14. The van der Waals surface area contributed by atoms with Gasteiger partial charge < -0.3 is 24.8 Å². The zero-order valence-electron chi connectivity index (χ0n) is 16.3. The van der Waals surface area contributed by atoms with Gasteiger partial charge in [0.05, 0.1) is 39.1 Å². The highest BCUT2D eigenvalue weighted by Crippen LogP contribution is 2.38. The van der Waals surface area contributed by atoms with Gasteiger partial charge in [-0.3, -0.25) is 14.6 Å². The Morgan fingerprint density at radius 1 is 0.966 bits per heavy atom. The number of aromatic nitrogens is 1. The van der Waals surface area contributed by atoms with E-state index < -0.39 is 5.91 Å². The average molecular weight is 395 g/mol. The monoisotopic (exact) mass is 395 g/mol. The number of carbonyl (C=O) groups is 2. The van der Waals surface area contributed by atoms with Crippen molar-refractivity contribution in [1.82, 2.24) is 10.3 Å². The molecule has 0 unspecified atom stereocenters. The van der Waals surface area contributed by atoms with Crippen LogP contribution in [-0.2, 0) is 4.79 Å². The quantitative estimate of drug-likeness (QED) is 0.638. The van der Waals surface area contributed by atoms with Gasteiger partial charge in [0.25, 0.3) is 5.91 Å². The van der Waals surface area contributed by atoms with Crippen LogP contribution in [0.15, 0.2) is 48.7 Å². The highest BCUT2D eigenvalue weighted by molar-refractivity contribution is 6.03. The van der Waals surface area contributed by atoms with E-state index in [2.05, 4.69) is 15.6 Å². The van der Waals surface area contributed by atoms with Gasteiger partial charge >= 0.3 is 0 Å². The first-order valence-electron chi connectivity index (χ1n) is 8.79. The number of hydrogen-bond acceptors (Lipinski definition) is 6. The predicted molar refractivity (Wildman–Crippen MR) is 109 cm³/mol. The molecule has 0 aliphatic rings. The summed E-state index contributed by atoms with van der Waals surface area (Å²) in [5.41, 5.74) is 1.54. The number of ether oxygens (including phenoxy) is 3. The van der Waals surface area contributed by atoms with Crippen molar-refractivity contribution in [3.05, 3.63) is 54.2 Å². The number of methoxy groups -OCH3 is 3. The molecule has 1 aromatic heterocycles. The van der Waals surface area contributed by atoms with E-state index in [1.165, 1.54) is 33.5 Å². The number of nitrogens with zero attached hydrogens (tertiary/aromatic N) is 1. The van der Waals surface area contributed by atoms with Gasteiger partial charge in [0, 0.05) is 17.1 Å². The first kappa shape index (κ1) is 19.9. The van der Waals surface area contributed by atoms with Gasteiger partial charge in [-0.25, -0.2) is 0 Å². The van der Waals surface area contributed by atoms with Crippen molar-refractivity contribution in [3.63, 3.8) is 0 Å². The molecule has 0 spiro atoms. The van der Waals surface area contributed by atoms with Gasteiger partial charge in [0.15, 0.2) is 11.5 Å². The fourth-order valence-corrected chi connectivity index (χ4v) is 2.87. The van der Waals surface area contributed by atoms with E-state index in [-0.39, 0.29) is 18.0 Å². The molecule has 0 aliphatic carbocycles. The Bertz CT molecular complexity index is 1020. The second-order valence-corrected chi connectivity index (χ2v) is 6.03. The Morgan fingerprint density at radius 2 is 1.66 bits per heavy atom. The number of fused-ring (bicyclic) bond motifs is 1. The molecule has 0 aliphatic heterocycles. The molecule has 3 rings (SSSR count). The van der Waals surface area contributed by atoms with Gasteiger partial charge in [-0.05, 0) is 24.3 Å². The van der Waals surface area contributed by atoms with Crippen LogP contribution in [0.25, 0.3) is 10.9 Å². The molecule has 1 heterocycles. The Labute approximate surface area is 167 Å². The molecule has 0 saturated heterocycles. The van der Waals surface area contributed by atoms with Crippen LogP contribution in [0, 0.1) is 0 Å². The van der Waals surface area contributed by atoms with Crippen LogP contribution in [0.1, 0.15) is 10.4 Å². The minimum Gasteiger partial charge on any atom is -0.493 e.